The first kappa shape index (κ1) is 14.5. The Hall–Kier alpha value is -0.540. The van der Waals surface area contributed by atoms with Gasteiger partial charge in [0.2, 0.25) is 0 Å². The van der Waals surface area contributed by atoms with Crippen LogP contribution in [0.25, 0.3) is 0 Å². The molecule has 0 saturated heterocycles. The summed E-state index contributed by atoms with van der Waals surface area (Å²) >= 11 is 1.85. The molecule has 0 aliphatic heterocycles. The molecule has 0 aromatic carbocycles. The summed E-state index contributed by atoms with van der Waals surface area (Å²) < 4.78 is 0. The molecule has 0 atom stereocenters. The number of nitrogens with one attached hydrogen (secondary N) is 1. The summed E-state index contributed by atoms with van der Waals surface area (Å²) in [6.45, 7) is 11.8. The first-order chi connectivity index (χ1) is 7.87. The van der Waals surface area contributed by atoms with E-state index in [0.717, 1.165) is 23.0 Å². The summed E-state index contributed by atoms with van der Waals surface area (Å²) in [6, 6.07) is 4.28. The standard InChI is InChI=1S/C14H24N2S/c1-11-9-12(2)16-13(10-11)17-8-6-7-15-14(3,4)5/h9-10,15H,6-8H2,1-5H3. The second-order valence-electron chi connectivity index (χ2n) is 5.50. The molecule has 1 N–H and O–H groups in total. The lowest BCUT2D eigenvalue weighted by Gasteiger charge is -2.20. The summed E-state index contributed by atoms with van der Waals surface area (Å²) in [5.41, 5.74) is 2.64. The summed E-state index contributed by atoms with van der Waals surface area (Å²) in [5.74, 6) is 1.12. The molecule has 1 aromatic rings. The Morgan fingerprint density at radius 2 is 1.94 bits per heavy atom. The van der Waals surface area contributed by atoms with E-state index in [1.165, 1.54) is 12.0 Å². The van der Waals surface area contributed by atoms with Crippen LogP contribution in [0.1, 0.15) is 38.4 Å². The third kappa shape index (κ3) is 6.69. The van der Waals surface area contributed by atoms with Gasteiger partial charge in [-0.15, -0.1) is 11.8 Å². The number of hydrogen-bond donors (Lipinski definition) is 1. The zero-order valence-corrected chi connectivity index (χ0v) is 12.4. The van der Waals surface area contributed by atoms with Gasteiger partial charge in [0.25, 0.3) is 0 Å². The van der Waals surface area contributed by atoms with Gasteiger partial charge in [-0.1, -0.05) is 0 Å². The SMILES string of the molecule is Cc1cc(C)nc(SCCCNC(C)(C)C)c1. The van der Waals surface area contributed by atoms with E-state index in [4.69, 9.17) is 0 Å². The van der Waals surface area contributed by atoms with Crippen molar-refractivity contribution in [3.8, 4) is 0 Å². The largest absolute Gasteiger partial charge is 0.312 e. The average Bonchev–Trinajstić information content (AvgIpc) is 2.13. The molecular formula is C14H24N2S. The van der Waals surface area contributed by atoms with E-state index < -0.39 is 0 Å². The molecule has 2 nitrogen and oxygen atoms in total. The highest BCUT2D eigenvalue weighted by Crippen LogP contribution is 2.18. The van der Waals surface area contributed by atoms with Crippen molar-refractivity contribution < 1.29 is 0 Å². The maximum Gasteiger partial charge on any atom is 0.0965 e. The van der Waals surface area contributed by atoms with E-state index in [1.54, 1.807) is 0 Å². The molecule has 1 heterocycles. The first-order valence-corrected chi connectivity index (χ1v) is 7.18. The second-order valence-corrected chi connectivity index (χ2v) is 6.62. The molecule has 1 aromatic heterocycles. The van der Waals surface area contributed by atoms with Crippen molar-refractivity contribution in [1.29, 1.82) is 0 Å². The molecule has 0 amide bonds. The highest BCUT2D eigenvalue weighted by Gasteiger charge is 2.07. The van der Waals surface area contributed by atoms with Gasteiger partial charge in [0.1, 0.15) is 0 Å². The maximum absolute atomic E-state index is 4.52. The lowest BCUT2D eigenvalue weighted by atomic mass is 10.1. The summed E-state index contributed by atoms with van der Waals surface area (Å²) in [6.07, 6.45) is 1.18. The molecular weight excluding hydrogens is 228 g/mol. The smallest absolute Gasteiger partial charge is 0.0965 e. The van der Waals surface area contributed by atoms with Gasteiger partial charge < -0.3 is 5.32 Å². The molecule has 0 spiro atoms. The van der Waals surface area contributed by atoms with Crippen LogP contribution in [0.15, 0.2) is 17.2 Å². The van der Waals surface area contributed by atoms with E-state index in [-0.39, 0.29) is 5.54 Å². The molecule has 0 bridgehead atoms. The third-order valence-corrected chi connectivity index (χ3v) is 3.30. The Balaban J connectivity index is 2.27. The van der Waals surface area contributed by atoms with Crippen LogP contribution in [0.4, 0.5) is 0 Å². The molecule has 0 saturated carbocycles. The molecule has 0 radical (unpaired) electrons. The summed E-state index contributed by atoms with van der Waals surface area (Å²) in [4.78, 5) is 4.52. The van der Waals surface area contributed by atoms with Gasteiger partial charge in [-0.25, -0.2) is 4.98 Å². The van der Waals surface area contributed by atoms with Crippen molar-refractivity contribution in [2.24, 2.45) is 0 Å². The van der Waals surface area contributed by atoms with E-state index in [0.29, 0.717) is 0 Å². The Bertz CT molecular complexity index is 335. The van der Waals surface area contributed by atoms with Crippen LogP contribution in [-0.4, -0.2) is 22.8 Å². The van der Waals surface area contributed by atoms with E-state index in [1.807, 2.05) is 11.8 Å². The van der Waals surface area contributed by atoms with E-state index in [9.17, 15) is 0 Å². The summed E-state index contributed by atoms with van der Waals surface area (Å²) in [7, 11) is 0. The highest BCUT2D eigenvalue weighted by molar-refractivity contribution is 7.99. The molecule has 0 fully saturated rings. The van der Waals surface area contributed by atoms with Crippen molar-refractivity contribution in [3.05, 3.63) is 23.4 Å². The number of thioether (sulfide) groups is 1. The molecule has 0 aliphatic carbocycles. The molecule has 0 aliphatic rings. The Morgan fingerprint density at radius 3 is 2.53 bits per heavy atom. The second kappa shape index (κ2) is 6.41. The van der Waals surface area contributed by atoms with Crippen LogP contribution in [0.5, 0.6) is 0 Å². The molecule has 1 rings (SSSR count). The first-order valence-electron chi connectivity index (χ1n) is 6.20. The van der Waals surface area contributed by atoms with Crippen molar-refractivity contribution in [3.63, 3.8) is 0 Å². The fourth-order valence-electron chi connectivity index (χ4n) is 1.59. The topological polar surface area (TPSA) is 24.9 Å². The van der Waals surface area contributed by atoms with Crippen LogP contribution >= 0.6 is 11.8 Å². The van der Waals surface area contributed by atoms with E-state index >= 15 is 0 Å². The van der Waals surface area contributed by atoms with Crippen LogP contribution in [-0.2, 0) is 0 Å². The molecule has 3 heteroatoms. The van der Waals surface area contributed by atoms with Crippen molar-refractivity contribution in [2.75, 3.05) is 12.3 Å². The average molecular weight is 252 g/mol. The van der Waals surface area contributed by atoms with Crippen LogP contribution in [0, 0.1) is 13.8 Å². The lowest BCUT2D eigenvalue weighted by molar-refractivity contribution is 0.427. The van der Waals surface area contributed by atoms with Gasteiger partial charge in [0, 0.05) is 17.0 Å². The quantitative estimate of drug-likeness (QED) is 0.640. The zero-order valence-electron chi connectivity index (χ0n) is 11.6. The predicted octanol–water partition coefficient (Wildman–Crippen LogP) is 3.57. The fraction of sp³-hybridized carbons (Fsp3) is 0.643. The fourth-order valence-corrected chi connectivity index (χ4v) is 2.57. The maximum atomic E-state index is 4.52. The third-order valence-electron chi connectivity index (χ3n) is 2.30. The van der Waals surface area contributed by atoms with Gasteiger partial charge >= 0.3 is 0 Å². The minimum absolute atomic E-state index is 0.225. The number of rotatable bonds is 5. The molecule has 17 heavy (non-hydrogen) atoms. The normalized spacial score (nSPS) is 11.8. The van der Waals surface area contributed by atoms with Gasteiger partial charge in [-0.3, -0.25) is 0 Å². The van der Waals surface area contributed by atoms with Gasteiger partial charge in [0.05, 0.1) is 5.03 Å². The molecule has 0 unspecified atom stereocenters. The highest BCUT2D eigenvalue weighted by atomic mass is 32.2. The predicted molar refractivity (Wildman–Crippen MR) is 76.8 cm³/mol. The van der Waals surface area contributed by atoms with Crippen molar-refractivity contribution in [2.45, 2.75) is 51.6 Å². The number of aromatic nitrogens is 1. The number of nitrogens with zero attached hydrogens (tertiary/aromatic N) is 1. The minimum Gasteiger partial charge on any atom is -0.312 e. The van der Waals surface area contributed by atoms with Gasteiger partial charge in [-0.2, -0.15) is 0 Å². The Morgan fingerprint density at radius 1 is 1.24 bits per heavy atom. The number of hydrogen-bond acceptors (Lipinski definition) is 3. The Labute approximate surface area is 110 Å². The van der Waals surface area contributed by atoms with Gasteiger partial charge in [0.15, 0.2) is 0 Å². The van der Waals surface area contributed by atoms with Crippen LogP contribution < -0.4 is 5.32 Å². The zero-order chi connectivity index (χ0) is 12.9. The monoisotopic (exact) mass is 252 g/mol. The van der Waals surface area contributed by atoms with E-state index in [2.05, 4.69) is 57.1 Å². The lowest BCUT2D eigenvalue weighted by Crippen LogP contribution is -2.36. The molecule has 96 valence electrons. The number of pyridine rings is 1. The minimum atomic E-state index is 0.225. The van der Waals surface area contributed by atoms with Crippen molar-refractivity contribution in [1.82, 2.24) is 10.3 Å². The van der Waals surface area contributed by atoms with Crippen LogP contribution in [0.3, 0.4) is 0 Å². The van der Waals surface area contributed by atoms with Crippen molar-refractivity contribution >= 4 is 11.8 Å². The summed E-state index contributed by atoms with van der Waals surface area (Å²) in [5, 5.41) is 4.65. The van der Waals surface area contributed by atoms with Crippen LogP contribution in [0.2, 0.25) is 0 Å². The van der Waals surface area contributed by atoms with Gasteiger partial charge in [-0.05, 0) is 65.3 Å². The number of aryl methyl sites for hydroxylation is 2. The Kier molecular flexibility index (Phi) is 5.47.